The zero-order chi connectivity index (χ0) is 22.8. The number of nitrogens with zero attached hydrogens (tertiary/aromatic N) is 2. The molecule has 2 saturated heterocycles. The van der Waals surface area contributed by atoms with Crippen LogP contribution < -0.4 is 0 Å². The molecule has 0 aromatic carbocycles. The highest BCUT2D eigenvalue weighted by atomic mass is 16.6. The maximum Gasteiger partial charge on any atom is 0.410 e. The SMILES string of the molecule is C=O.CC.CC.CC1CCN(C(=O)OC(C)(C)C)CC1.CC1CCN(C)CC1. The van der Waals surface area contributed by atoms with Gasteiger partial charge < -0.3 is 19.3 Å². The van der Waals surface area contributed by atoms with Gasteiger partial charge >= 0.3 is 6.09 Å². The van der Waals surface area contributed by atoms with Gasteiger partial charge in [-0.25, -0.2) is 4.79 Å². The Labute approximate surface area is 176 Å². The number of ether oxygens (including phenoxy) is 1. The molecule has 170 valence electrons. The van der Waals surface area contributed by atoms with Crippen molar-refractivity contribution in [1.29, 1.82) is 0 Å². The van der Waals surface area contributed by atoms with Crippen LogP contribution in [0.25, 0.3) is 0 Å². The fourth-order valence-electron chi connectivity index (χ4n) is 2.66. The van der Waals surface area contributed by atoms with Crippen LogP contribution in [-0.4, -0.2) is 61.5 Å². The summed E-state index contributed by atoms with van der Waals surface area (Å²) in [5.74, 6) is 1.72. The Balaban J connectivity index is -0.000000379. The second-order valence-corrected chi connectivity index (χ2v) is 8.14. The third-order valence-corrected chi connectivity index (χ3v) is 4.44. The first kappa shape index (κ1) is 31.6. The predicted molar refractivity (Wildman–Crippen MR) is 122 cm³/mol. The van der Waals surface area contributed by atoms with E-state index in [0.29, 0.717) is 0 Å². The molecule has 0 aromatic rings. The number of likely N-dealkylation sites (tertiary alicyclic amines) is 2. The molecule has 0 bridgehead atoms. The van der Waals surface area contributed by atoms with Gasteiger partial charge in [-0.15, -0.1) is 0 Å². The highest BCUT2D eigenvalue weighted by Gasteiger charge is 2.25. The van der Waals surface area contributed by atoms with Gasteiger partial charge in [0, 0.05) is 13.1 Å². The minimum absolute atomic E-state index is 0.163. The van der Waals surface area contributed by atoms with Crippen LogP contribution in [0.1, 0.15) is 88.0 Å². The fourth-order valence-corrected chi connectivity index (χ4v) is 2.66. The third kappa shape index (κ3) is 18.3. The monoisotopic (exact) mass is 402 g/mol. The van der Waals surface area contributed by atoms with Crippen molar-refractivity contribution in [3.8, 4) is 0 Å². The zero-order valence-corrected chi connectivity index (χ0v) is 20.6. The van der Waals surface area contributed by atoms with Gasteiger partial charge in [0.1, 0.15) is 12.4 Å². The molecule has 0 saturated carbocycles. The van der Waals surface area contributed by atoms with Crippen molar-refractivity contribution in [2.75, 3.05) is 33.2 Å². The molecule has 28 heavy (non-hydrogen) atoms. The highest BCUT2D eigenvalue weighted by molar-refractivity contribution is 5.68. The van der Waals surface area contributed by atoms with Gasteiger partial charge in [-0.3, -0.25) is 0 Å². The number of rotatable bonds is 0. The predicted octanol–water partition coefficient (Wildman–Crippen LogP) is 5.87. The van der Waals surface area contributed by atoms with Crippen molar-refractivity contribution in [2.45, 2.75) is 93.6 Å². The molecule has 2 heterocycles. The van der Waals surface area contributed by atoms with Crippen LogP contribution >= 0.6 is 0 Å². The molecule has 0 N–H and O–H groups in total. The lowest BCUT2D eigenvalue weighted by Crippen LogP contribution is -2.41. The summed E-state index contributed by atoms with van der Waals surface area (Å²) in [7, 11) is 2.20. The second-order valence-electron chi connectivity index (χ2n) is 8.14. The molecule has 0 radical (unpaired) electrons. The summed E-state index contributed by atoms with van der Waals surface area (Å²) >= 11 is 0. The molecule has 5 nitrogen and oxygen atoms in total. The van der Waals surface area contributed by atoms with E-state index in [0.717, 1.165) is 37.8 Å². The minimum atomic E-state index is -0.375. The normalized spacial score (nSPS) is 17.9. The van der Waals surface area contributed by atoms with E-state index in [4.69, 9.17) is 9.53 Å². The van der Waals surface area contributed by atoms with Gasteiger partial charge in [0.25, 0.3) is 0 Å². The van der Waals surface area contributed by atoms with Crippen molar-refractivity contribution in [3.05, 3.63) is 0 Å². The van der Waals surface area contributed by atoms with E-state index in [2.05, 4.69) is 25.8 Å². The standard InChI is InChI=1S/C11H21NO2.C7H15N.2C2H6.CH2O/c1-9-5-7-12(8-6-9)10(13)14-11(2,3)4;1-7-3-5-8(2)6-4-7;3*1-2/h9H,5-8H2,1-4H3;7H,3-6H2,1-2H3;2*1-2H3;1H2. The lowest BCUT2D eigenvalue weighted by molar-refractivity contribution is -0.0980. The Hall–Kier alpha value is -1.10. The maximum absolute atomic E-state index is 11.6. The first-order chi connectivity index (χ1) is 13.2. The Morgan fingerprint density at radius 1 is 0.821 bits per heavy atom. The molecule has 1 amide bonds. The Bertz CT molecular complexity index is 330. The number of carbonyl (C=O) groups excluding carboxylic acids is 2. The van der Waals surface area contributed by atoms with Crippen LogP contribution in [0.5, 0.6) is 0 Å². The van der Waals surface area contributed by atoms with Crippen molar-refractivity contribution >= 4 is 12.9 Å². The van der Waals surface area contributed by atoms with E-state index in [-0.39, 0.29) is 11.7 Å². The molecule has 5 heteroatoms. The van der Waals surface area contributed by atoms with Crippen molar-refractivity contribution in [3.63, 3.8) is 0 Å². The van der Waals surface area contributed by atoms with E-state index in [1.54, 1.807) is 0 Å². The van der Waals surface area contributed by atoms with Crippen LogP contribution in [0.3, 0.4) is 0 Å². The van der Waals surface area contributed by atoms with Crippen LogP contribution in [0.2, 0.25) is 0 Å². The van der Waals surface area contributed by atoms with Crippen LogP contribution in [-0.2, 0) is 9.53 Å². The third-order valence-electron chi connectivity index (χ3n) is 4.44. The molecule has 0 aliphatic carbocycles. The summed E-state index contributed by atoms with van der Waals surface area (Å²) < 4.78 is 5.30. The largest absolute Gasteiger partial charge is 0.444 e. The topological polar surface area (TPSA) is 49.9 Å². The Morgan fingerprint density at radius 2 is 1.14 bits per heavy atom. The smallest absolute Gasteiger partial charge is 0.410 e. The molecular weight excluding hydrogens is 352 g/mol. The molecule has 2 aliphatic rings. The molecular formula is C23H50N2O3. The lowest BCUT2D eigenvalue weighted by atomic mass is 10.00. The van der Waals surface area contributed by atoms with E-state index < -0.39 is 0 Å². The number of amides is 1. The van der Waals surface area contributed by atoms with Gasteiger partial charge in [0.2, 0.25) is 0 Å². The molecule has 2 aliphatic heterocycles. The highest BCUT2D eigenvalue weighted by Crippen LogP contribution is 2.18. The van der Waals surface area contributed by atoms with Crippen molar-refractivity contribution in [1.82, 2.24) is 9.80 Å². The van der Waals surface area contributed by atoms with Gasteiger partial charge in [-0.1, -0.05) is 41.5 Å². The average Bonchev–Trinajstić information content (AvgIpc) is 2.69. The molecule has 0 unspecified atom stereocenters. The molecule has 2 rings (SSSR count). The Kier molecular flexibility index (Phi) is 21.7. The fraction of sp³-hybridized carbons (Fsp3) is 0.913. The van der Waals surface area contributed by atoms with Crippen molar-refractivity contribution in [2.24, 2.45) is 11.8 Å². The van der Waals surface area contributed by atoms with Crippen LogP contribution in [0.15, 0.2) is 0 Å². The Morgan fingerprint density at radius 3 is 1.43 bits per heavy atom. The minimum Gasteiger partial charge on any atom is -0.444 e. The van der Waals surface area contributed by atoms with Gasteiger partial charge in [-0.05, 0) is 78.4 Å². The van der Waals surface area contributed by atoms with Crippen molar-refractivity contribution < 1.29 is 14.3 Å². The molecule has 0 aromatic heterocycles. The second kappa shape index (κ2) is 19.2. The van der Waals surface area contributed by atoms with E-state index >= 15 is 0 Å². The number of piperidine rings is 2. The van der Waals surface area contributed by atoms with E-state index in [1.807, 2.05) is 60.2 Å². The maximum atomic E-state index is 11.6. The summed E-state index contributed by atoms with van der Waals surface area (Å²) in [5.41, 5.74) is -0.375. The number of carbonyl (C=O) groups is 2. The van der Waals surface area contributed by atoms with Crippen LogP contribution in [0, 0.1) is 11.8 Å². The molecule has 0 spiro atoms. The first-order valence-corrected chi connectivity index (χ1v) is 11.1. The number of hydrogen-bond donors (Lipinski definition) is 0. The summed E-state index contributed by atoms with van der Waals surface area (Å²) in [5, 5.41) is 0. The summed E-state index contributed by atoms with van der Waals surface area (Å²) in [6.07, 6.45) is 4.83. The first-order valence-electron chi connectivity index (χ1n) is 11.1. The number of hydrogen-bond acceptors (Lipinski definition) is 4. The van der Waals surface area contributed by atoms with E-state index in [9.17, 15) is 4.79 Å². The van der Waals surface area contributed by atoms with Gasteiger partial charge in [0.15, 0.2) is 0 Å². The van der Waals surface area contributed by atoms with Gasteiger partial charge in [-0.2, -0.15) is 0 Å². The summed E-state index contributed by atoms with van der Waals surface area (Å²) in [4.78, 5) is 23.8. The molecule has 2 fully saturated rings. The zero-order valence-electron chi connectivity index (χ0n) is 20.6. The summed E-state index contributed by atoms with van der Waals surface area (Å²) in [6, 6.07) is 0. The van der Waals surface area contributed by atoms with E-state index in [1.165, 1.54) is 25.9 Å². The van der Waals surface area contributed by atoms with Crippen LogP contribution in [0.4, 0.5) is 4.79 Å². The van der Waals surface area contributed by atoms with Gasteiger partial charge in [0.05, 0.1) is 0 Å². The summed E-state index contributed by atoms with van der Waals surface area (Å²) in [6.45, 7) is 24.6. The quantitative estimate of drug-likeness (QED) is 0.508. The molecule has 0 atom stereocenters. The lowest BCUT2D eigenvalue weighted by Gasteiger charge is -2.32. The average molecular weight is 403 g/mol.